The number of hydrogen-bond acceptors (Lipinski definition) is 2. The van der Waals surface area contributed by atoms with Crippen LogP contribution in [-0.4, -0.2) is 29.6 Å². The molecule has 2 N–H and O–H groups in total. The summed E-state index contributed by atoms with van der Waals surface area (Å²) in [6.07, 6.45) is 2.49. The Balaban J connectivity index is 1.66. The molecule has 1 saturated heterocycles. The Morgan fingerprint density at radius 2 is 1.92 bits per heavy atom. The second-order valence-electron chi connectivity index (χ2n) is 6.48. The van der Waals surface area contributed by atoms with Crippen molar-refractivity contribution < 1.29 is 0 Å². The fourth-order valence-electron chi connectivity index (χ4n) is 3.32. The van der Waals surface area contributed by atoms with E-state index in [1.807, 2.05) is 30.3 Å². The van der Waals surface area contributed by atoms with Gasteiger partial charge in [0.25, 0.3) is 0 Å². The SMILES string of the molecule is Cc1cccc(NC(=S)NC[C@H](c2ccccc2Cl)N2CCCC2)c1. The van der Waals surface area contributed by atoms with E-state index < -0.39 is 0 Å². The van der Waals surface area contributed by atoms with Gasteiger partial charge in [0.2, 0.25) is 0 Å². The summed E-state index contributed by atoms with van der Waals surface area (Å²) < 4.78 is 0. The molecule has 1 heterocycles. The van der Waals surface area contributed by atoms with Crippen molar-refractivity contribution in [3.05, 3.63) is 64.7 Å². The Morgan fingerprint density at radius 1 is 1.16 bits per heavy atom. The summed E-state index contributed by atoms with van der Waals surface area (Å²) in [5.74, 6) is 0. The zero-order chi connectivity index (χ0) is 17.6. The minimum absolute atomic E-state index is 0.230. The van der Waals surface area contributed by atoms with Crippen LogP contribution < -0.4 is 10.6 Å². The molecule has 0 radical (unpaired) electrons. The lowest BCUT2D eigenvalue weighted by molar-refractivity contribution is 0.246. The molecule has 2 aromatic carbocycles. The molecule has 1 atom stereocenters. The summed E-state index contributed by atoms with van der Waals surface area (Å²) in [5, 5.41) is 8.10. The summed E-state index contributed by atoms with van der Waals surface area (Å²) in [6, 6.07) is 16.5. The lowest BCUT2D eigenvalue weighted by Gasteiger charge is -2.29. The minimum atomic E-state index is 0.230. The number of nitrogens with one attached hydrogen (secondary N) is 2. The molecule has 0 aromatic heterocycles. The largest absolute Gasteiger partial charge is 0.361 e. The van der Waals surface area contributed by atoms with E-state index in [1.165, 1.54) is 18.4 Å². The van der Waals surface area contributed by atoms with Gasteiger partial charge in [-0.1, -0.05) is 41.9 Å². The van der Waals surface area contributed by atoms with E-state index in [0.29, 0.717) is 5.11 Å². The van der Waals surface area contributed by atoms with E-state index in [2.05, 4.69) is 40.7 Å². The van der Waals surface area contributed by atoms with Gasteiger partial charge in [-0.2, -0.15) is 0 Å². The maximum atomic E-state index is 6.46. The first kappa shape index (κ1) is 18.2. The number of nitrogens with zero attached hydrogens (tertiary/aromatic N) is 1. The van der Waals surface area contributed by atoms with Crippen LogP contribution in [-0.2, 0) is 0 Å². The fraction of sp³-hybridized carbons (Fsp3) is 0.350. The monoisotopic (exact) mass is 373 g/mol. The molecular formula is C20H24ClN3S. The van der Waals surface area contributed by atoms with Crippen LogP contribution in [0.4, 0.5) is 5.69 Å². The quantitative estimate of drug-likeness (QED) is 0.738. The van der Waals surface area contributed by atoms with E-state index in [9.17, 15) is 0 Å². The molecule has 5 heteroatoms. The highest BCUT2D eigenvalue weighted by molar-refractivity contribution is 7.80. The zero-order valence-electron chi connectivity index (χ0n) is 14.5. The molecule has 0 unspecified atom stereocenters. The Kier molecular flexibility index (Phi) is 6.29. The standard InChI is InChI=1S/C20H24ClN3S/c1-15-7-6-8-16(13-15)23-20(25)22-14-19(24-11-4-5-12-24)17-9-2-3-10-18(17)21/h2-3,6-10,13,19H,4-5,11-12,14H2,1H3,(H2,22,23,25)/t19-/m1/s1. The smallest absolute Gasteiger partial charge is 0.170 e. The highest BCUT2D eigenvalue weighted by Crippen LogP contribution is 2.29. The van der Waals surface area contributed by atoms with Crippen molar-refractivity contribution >= 4 is 34.6 Å². The molecule has 1 fully saturated rings. The number of likely N-dealkylation sites (tertiary alicyclic amines) is 1. The van der Waals surface area contributed by atoms with Crippen LogP contribution in [0.1, 0.15) is 30.0 Å². The topological polar surface area (TPSA) is 27.3 Å². The average molecular weight is 374 g/mol. The van der Waals surface area contributed by atoms with Gasteiger partial charge in [-0.3, -0.25) is 4.90 Å². The number of anilines is 1. The summed E-state index contributed by atoms with van der Waals surface area (Å²) in [4.78, 5) is 2.49. The molecule has 1 aliphatic rings. The molecule has 25 heavy (non-hydrogen) atoms. The summed E-state index contributed by atoms with van der Waals surface area (Å²) >= 11 is 11.9. The van der Waals surface area contributed by atoms with Gasteiger partial charge >= 0.3 is 0 Å². The molecule has 0 saturated carbocycles. The Morgan fingerprint density at radius 3 is 2.64 bits per heavy atom. The van der Waals surface area contributed by atoms with Crippen molar-refractivity contribution in [1.29, 1.82) is 0 Å². The third kappa shape index (κ3) is 4.94. The Bertz CT molecular complexity index is 728. The first-order valence-electron chi connectivity index (χ1n) is 8.73. The third-order valence-corrected chi connectivity index (χ3v) is 5.17. The predicted octanol–water partition coefficient (Wildman–Crippen LogP) is 4.77. The van der Waals surface area contributed by atoms with E-state index in [4.69, 9.17) is 23.8 Å². The molecule has 1 aliphatic heterocycles. The average Bonchev–Trinajstić information content (AvgIpc) is 3.11. The predicted molar refractivity (Wildman–Crippen MR) is 110 cm³/mol. The molecular weight excluding hydrogens is 350 g/mol. The lowest BCUT2D eigenvalue weighted by atomic mass is 10.1. The van der Waals surface area contributed by atoms with E-state index in [0.717, 1.165) is 35.9 Å². The summed E-state index contributed by atoms with van der Waals surface area (Å²) in [5.41, 5.74) is 3.38. The van der Waals surface area contributed by atoms with E-state index in [-0.39, 0.29) is 6.04 Å². The van der Waals surface area contributed by atoms with Crippen LogP contribution in [0.3, 0.4) is 0 Å². The molecule has 0 amide bonds. The van der Waals surface area contributed by atoms with Gasteiger partial charge in [-0.15, -0.1) is 0 Å². The molecule has 3 nitrogen and oxygen atoms in total. The highest BCUT2D eigenvalue weighted by Gasteiger charge is 2.25. The summed E-state index contributed by atoms with van der Waals surface area (Å²) in [6.45, 7) is 5.02. The van der Waals surface area contributed by atoms with Gasteiger partial charge in [0, 0.05) is 17.3 Å². The molecule has 2 aromatic rings. The fourth-order valence-corrected chi connectivity index (χ4v) is 3.78. The van der Waals surface area contributed by atoms with Crippen LogP contribution in [0, 0.1) is 6.92 Å². The lowest BCUT2D eigenvalue weighted by Crippen LogP contribution is -2.38. The van der Waals surface area contributed by atoms with Crippen molar-refractivity contribution in [2.75, 3.05) is 25.0 Å². The highest BCUT2D eigenvalue weighted by atomic mass is 35.5. The van der Waals surface area contributed by atoms with Crippen LogP contribution in [0.15, 0.2) is 48.5 Å². The molecule has 0 aliphatic carbocycles. The Labute approximate surface area is 160 Å². The van der Waals surface area contributed by atoms with E-state index in [1.54, 1.807) is 0 Å². The molecule has 0 spiro atoms. The zero-order valence-corrected chi connectivity index (χ0v) is 16.0. The number of halogens is 1. The number of aryl methyl sites for hydroxylation is 1. The number of hydrogen-bond donors (Lipinski definition) is 2. The van der Waals surface area contributed by atoms with Gasteiger partial charge in [-0.05, 0) is 74.4 Å². The van der Waals surface area contributed by atoms with Gasteiger partial charge in [0.05, 0.1) is 6.04 Å². The second-order valence-corrected chi connectivity index (χ2v) is 7.30. The number of benzene rings is 2. The van der Waals surface area contributed by atoms with Crippen molar-refractivity contribution in [2.45, 2.75) is 25.8 Å². The first-order valence-corrected chi connectivity index (χ1v) is 9.52. The Hall–Kier alpha value is -1.62. The van der Waals surface area contributed by atoms with Crippen molar-refractivity contribution in [3.8, 4) is 0 Å². The second kappa shape index (κ2) is 8.65. The van der Waals surface area contributed by atoms with Gasteiger partial charge < -0.3 is 10.6 Å². The third-order valence-electron chi connectivity index (χ3n) is 4.58. The van der Waals surface area contributed by atoms with Crippen LogP contribution in [0.25, 0.3) is 0 Å². The van der Waals surface area contributed by atoms with Crippen molar-refractivity contribution in [3.63, 3.8) is 0 Å². The maximum Gasteiger partial charge on any atom is 0.170 e. The van der Waals surface area contributed by atoms with Gasteiger partial charge in [-0.25, -0.2) is 0 Å². The van der Waals surface area contributed by atoms with Gasteiger partial charge in [0.1, 0.15) is 0 Å². The minimum Gasteiger partial charge on any atom is -0.361 e. The molecule has 0 bridgehead atoms. The molecule has 3 rings (SSSR count). The first-order chi connectivity index (χ1) is 12.1. The van der Waals surface area contributed by atoms with Crippen LogP contribution in [0.5, 0.6) is 0 Å². The van der Waals surface area contributed by atoms with Crippen molar-refractivity contribution in [2.24, 2.45) is 0 Å². The molecule has 132 valence electrons. The van der Waals surface area contributed by atoms with Crippen LogP contribution in [0.2, 0.25) is 5.02 Å². The number of rotatable bonds is 5. The maximum absolute atomic E-state index is 6.46. The normalized spacial score (nSPS) is 15.8. The van der Waals surface area contributed by atoms with Gasteiger partial charge in [0.15, 0.2) is 5.11 Å². The van der Waals surface area contributed by atoms with Crippen LogP contribution >= 0.6 is 23.8 Å². The van der Waals surface area contributed by atoms with E-state index >= 15 is 0 Å². The summed E-state index contributed by atoms with van der Waals surface area (Å²) in [7, 11) is 0. The number of thiocarbonyl (C=S) groups is 1. The van der Waals surface area contributed by atoms with Crippen molar-refractivity contribution in [1.82, 2.24) is 10.2 Å².